The van der Waals surface area contributed by atoms with Gasteiger partial charge in [-0.1, -0.05) is 23.7 Å². The highest BCUT2D eigenvalue weighted by Gasteiger charge is 2.10. The van der Waals surface area contributed by atoms with Crippen molar-refractivity contribution >= 4 is 28.4 Å². The molecule has 0 saturated heterocycles. The number of halogens is 1. The van der Waals surface area contributed by atoms with Gasteiger partial charge < -0.3 is 14.9 Å². The van der Waals surface area contributed by atoms with Crippen LogP contribution in [0.3, 0.4) is 0 Å². The lowest BCUT2D eigenvalue weighted by Gasteiger charge is -2.05. The molecule has 0 radical (unpaired) electrons. The zero-order chi connectivity index (χ0) is 14.1. The van der Waals surface area contributed by atoms with Crippen LogP contribution in [0, 0.1) is 6.92 Å². The zero-order valence-corrected chi connectivity index (χ0v) is 11.6. The summed E-state index contributed by atoms with van der Waals surface area (Å²) < 4.78 is 11.3. The molecule has 0 aliphatic rings. The third kappa shape index (κ3) is 2.42. The van der Waals surface area contributed by atoms with Crippen molar-refractivity contribution in [2.75, 3.05) is 5.73 Å². The molecule has 0 spiro atoms. The summed E-state index contributed by atoms with van der Waals surface area (Å²) in [5.74, 6) is 1.11. The van der Waals surface area contributed by atoms with E-state index in [9.17, 15) is 0 Å². The molecular formula is C15H13ClN2O2. The molecule has 2 aromatic carbocycles. The lowest BCUT2D eigenvalue weighted by molar-refractivity contribution is 0.268. The molecule has 3 aromatic rings. The summed E-state index contributed by atoms with van der Waals surface area (Å²) in [7, 11) is 0. The molecule has 0 fully saturated rings. The first-order valence-corrected chi connectivity index (χ1v) is 6.54. The van der Waals surface area contributed by atoms with E-state index in [1.54, 1.807) is 18.2 Å². The lowest BCUT2D eigenvalue weighted by atomic mass is 10.2. The van der Waals surface area contributed by atoms with Crippen molar-refractivity contribution in [2.45, 2.75) is 13.5 Å². The average molecular weight is 289 g/mol. The van der Waals surface area contributed by atoms with Crippen LogP contribution in [0.1, 0.15) is 11.5 Å². The molecule has 0 saturated carbocycles. The SMILES string of the molecule is Cc1cc(Cl)cc2nc(COc3ccccc3N)oc12. The van der Waals surface area contributed by atoms with Crippen LogP contribution in [0.25, 0.3) is 11.1 Å². The van der Waals surface area contributed by atoms with Crippen molar-refractivity contribution in [1.29, 1.82) is 0 Å². The van der Waals surface area contributed by atoms with Crippen molar-refractivity contribution in [2.24, 2.45) is 0 Å². The Kier molecular flexibility index (Phi) is 3.24. The molecule has 20 heavy (non-hydrogen) atoms. The fraction of sp³-hybridized carbons (Fsp3) is 0.133. The number of aromatic nitrogens is 1. The maximum absolute atomic E-state index is 6.00. The largest absolute Gasteiger partial charge is 0.482 e. The van der Waals surface area contributed by atoms with Crippen molar-refractivity contribution in [3.63, 3.8) is 0 Å². The third-order valence-electron chi connectivity index (χ3n) is 2.95. The van der Waals surface area contributed by atoms with E-state index in [1.807, 2.05) is 25.1 Å². The molecule has 0 amide bonds. The van der Waals surface area contributed by atoms with Crippen molar-refractivity contribution in [1.82, 2.24) is 4.98 Å². The van der Waals surface area contributed by atoms with E-state index in [0.717, 1.165) is 16.7 Å². The minimum atomic E-state index is 0.222. The second-order valence-corrected chi connectivity index (χ2v) is 4.94. The van der Waals surface area contributed by atoms with Crippen LogP contribution < -0.4 is 10.5 Å². The molecule has 4 nitrogen and oxygen atoms in total. The number of aryl methyl sites for hydroxylation is 1. The van der Waals surface area contributed by atoms with Gasteiger partial charge in [-0.3, -0.25) is 0 Å². The van der Waals surface area contributed by atoms with E-state index in [2.05, 4.69) is 4.98 Å². The third-order valence-corrected chi connectivity index (χ3v) is 3.17. The number of oxazole rings is 1. The average Bonchev–Trinajstić information content (AvgIpc) is 2.81. The molecular weight excluding hydrogens is 276 g/mol. The summed E-state index contributed by atoms with van der Waals surface area (Å²) in [5.41, 5.74) is 8.81. The maximum atomic E-state index is 6.00. The van der Waals surface area contributed by atoms with Crippen LogP contribution in [0.5, 0.6) is 5.75 Å². The Bertz CT molecular complexity index is 768. The normalized spacial score (nSPS) is 10.9. The van der Waals surface area contributed by atoms with Gasteiger partial charge in [-0.2, -0.15) is 0 Å². The smallest absolute Gasteiger partial charge is 0.233 e. The molecule has 0 atom stereocenters. The number of nitrogen functional groups attached to an aromatic ring is 1. The quantitative estimate of drug-likeness (QED) is 0.741. The summed E-state index contributed by atoms with van der Waals surface area (Å²) in [6, 6.07) is 10.9. The summed E-state index contributed by atoms with van der Waals surface area (Å²) in [6.45, 7) is 2.15. The number of hydrogen-bond acceptors (Lipinski definition) is 4. The molecule has 5 heteroatoms. The first-order chi connectivity index (χ1) is 9.63. The van der Waals surface area contributed by atoms with E-state index in [4.69, 9.17) is 26.5 Å². The molecule has 0 bridgehead atoms. The van der Waals surface area contributed by atoms with E-state index in [1.165, 1.54) is 0 Å². The minimum Gasteiger partial charge on any atom is -0.482 e. The lowest BCUT2D eigenvalue weighted by Crippen LogP contribution is -1.98. The molecule has 1 aromatic heterocycles. The number of benzene rings is 2. The fourth-order valence-corrected chi connectivity index (χ4v) is 2.28. The Morgan fingerprint density at radius 3 is 2.90 bits per heavy atom. The highest BCUT2D eigenvalue weighted by atomic mass is 35.5. The van der Waals surface area contributed by atoms with Crippen molar-refractivity contribution in [3.8, 4) is 5.75 Å². The van der Waals surface area contributed by atoms with Gasteiger partial charge in [0.15, 0.2) is 12.2 Å². The van der Waals surface area contributed by atoms with Gasteiger partial charge in [-0.05, 0) is 36.8 Å². The molecule has 0 aliphatic carbocycles. The number of nitrogens with two attached hydrogens (primary N) is 1. The molecule has 0 unspecified atom stereocenters. The number of para-hydroxylation sites is 2. The van der Waals surface area contributed by atoms with Gasteiger partial charge in [0.2, 0.25) is 5.89 Å². The highest BCUT2D eigenvalue weighted by molar-refractivity contribution is 6.31. The molecule has 2 N–H and O–H groups in total. The number of rotatable bonds is 3. The summed E-state index contributed by atoms with van der Waals surface area (Å²) in [4.78, 5) is 4.36. The van der Waals surface area contributed by atoms with Gasteiger partial charge >= 0.3 is 0 Å². The first kappa shape index (κ1) is 12.8. The summed E-state index contributed by atoms with van der Waals surface area (Å²) >= 11 is 6.00. The van der Waals surface area contributed by atoms with E-state index >= 15 is 0 Å². The van der Waals surface area contributed by atoms with Crippen molar-refractivity contribution in [3.05, 3.63) is 52.9 Å². The number of ether oxygens (including phenoxy) is 1. The first-order valence-electron chi connectivity index (χ1n) is 6.16. The van der Waals surface area contributed by atoms with Gasteiger partial charge in [-0.25, -0.2) is 4.98 Å². The van der Waals surface area contributed by atoms with Gasteiger partial charge in [-0.15, -0.1) is 0 Å². The Morgan fingerprint density at radius 2 is 2.10 bits per heavy atom. The second-order valence-electron chi connectivity index (χ2n) is 4.51. The predicted molar refractivity (Wildman–Crippen MR) is 78.9 cm³/mol. The van der Waals surface area contributed by atoms with Crippen LogP contribution in [0.15, 0.2) is 40.8 Å². The molecule has 1 heterocycles. The highest BCUT2D eigenvalue weighted by Crippen LogP contribution is 2.26. The number of hydrogen-bond donors (Lipinski definition) is 1. The molecule has 3 rings (SSSR count). The Balaban J connectivity index is 1.85. The Morgan fingerprint density at radius 1 is 1.30 bits per heavy atom. The number of anilines is 1. The van der Waals surface area contributed by atoms with E-state index in [-0.39, 0.29) is 6.61 Å². The fourth-order valence-electron chi connectivity index (χ4n) is 2.02. The topological polar surface area (TPSA) is 61.3 Å². The van der Waals surface area contributed by atoms with Crippen LogP contribution in [0.2, 0.25) is 5.02 Å². The number of nitrogens with zero attached hydrogens (tertiary/aromatic N) is 1. The Labute approximate surface area is 121 Å². The van der Waals surface area contributed by atoms with Crippen LogP contribution in [-0.2, 0) is 6.61 Å². The molecule has 102 valence electrons. The van der Waals surface area contributed by atoms with Gasteiger partial charge in [0.1, 0.15) is 11.3 Å². The van der Waals surface area contributed by atoms with Crippen molar-refractivity contribution < 1.29 is 9.15 Å². The monoisotopic (exact) mass is 288 g/mol. The van der Waals surface area contributed by atoms with Crippen LogP contribution >= 0.6 is 11.6 Å². The molecule has 0 aliphatic heterocycles. The van der Waals surface area contributed by atoms with E-state index in [0.29, 0.717) is 22.4 Å². The standard InChI is InChI=1S/C15H13ClN2O2/c1-9-6-10(16)7-12-15(9)20-14(18-12)8-19-13-5-3-2-4-11(13)17/h2-7H,8,17H2,1H3. The van der Waals surface area contributed by atoms with Crippen LogP contribution in [0.4, 0.5) is 5.69 Å². The predicted octanol–water partition coefficient (Wildman–Crippen LogP) is 3.95. The summed E-state index contributed by atoms with van der Waals surface area (Å²) in [6.07, 6.45) is 0. The maximum Gasteiger partial charge on any atom is 0.233 e. The van der Waals surface area contributed by atoms with E-state index < -0.39 is 0 Å². The Hall–Kier alpha value is -2.20. The van der Waals surface area contributed by atoms with Gasteiger partial charge in [0, 0.05) is 5.02 Å². The second kappa shape index (κ2) is 5.06. The zero-order valence-electron chi connectivity index (χ0n) is 10.9. The number of fused-ring (bicyclic) bond motifs is 1. The summed E-state index contributed by atoms with van der Waals surface area (Å²) in [5, 5.41) is 0.642. The van der Waals surface area contributed by atoms with Gasteiger partial charge in [0.05, 0.1) is 5.69 Å². The van der Waals surface area contributed by atoms with Gasteiger partial charge in [0.25, 0.3) is 0 Å². The minimum absolute atomic E-state index is 0.222. The van der Waals surface area contributed by atoms with Crippen LogP contribution in [-0.4, -0.2) is 4.98 Å².